The van der Waals surface area contributed by atoms with E-state index in [1.807, 2.05) is 12.1 Å². The number of piperidine rings is 1. The largest absolute Gasteiger partial charge is 0.352 e. The minimum Gasteiger partial charge on any atom is -0.352 e. The summed E-state index contributed by atoms with van der Waals surface area (Å²) in [6.07, 6.45) is 6.80. The second-order valence-corrected chi connectivity index (χ2v) is 6.97. The van der Waals surface area contributed by atoms with Crippen molar-refractivity contribution in [2.24, 2.45) is 5.92 Å². The van der Waals surface area contributed by atoms with Gasteiger partial charge in [-0.15, -0.1) is 0 Å². The van der Waals surface area contributed by atoms with Gasteiger partial charge in [-0.2, -0.15) is 0 Å². The van der Waals surface area contributed by atoms with E-state index in [-0.39, 0.29) is 5.91 Å². The first-order valence-corrected chi connectivity index (χ1v) is 9.36. The monoisotopic (exact) mass is 349 g/mol. The minimum absolute atomic E-state index is 0.0977. The lowest BCUT2D eigenvalue weighted by Gasteiger charge is -2.32. The molecular formula is C22H27N3O. The summed E-state index contributed by atoms with van der Waals surface area (Å²) in [5.41, 5.74) is 2.64. The summed E-state index contributed by atoms with van der Waals surface area (Å²) >= 11 is 0. The van der Waals surface area contributed by atoms with Gasteiger partial charge in [-0.05, 0) is 49.9 Å². The molecule has 0 saturated carbocycles. The maximum absolute atomic E-state index is 12.2. The number of aromatic nitrogens is 1. The van der Waals surface area contributed by atoms with Gasteiger partial charge in [-0.25, -0.2) is 0 Å². The van der Waals surface area contributed by atoms with Gasteiger partial charge in [-0.1, -0.05) is 43.0 Å². The number of hydrogen-bond acceptors (Lipinski definition) is 3. The molecule has 136 valence electrons. The lowest BCUT2D eigenvalue weighted by atomic mass is 9.93. The van der Waals surface area contributed by atoms with E-state index in [4.69, 9.17) is 0 Å². The molecule has 1 aliphatic heterocycles. The van der Waals surface area contributed by atoms with Crippen LogP contribution in [0, 0.1) is 5.92 Å². The number of benzene rings is 1. The Hall–Kier alpha value is -2.46. The van der Waals surface area contributed by atoms with Crippen molar-refractivity contribution in [3.63, 3.8) is 0 Å². The number of carbonyl (C=O) groups is 1. The zero-order valence-corrected chi connectivity index (χ0v) is 15.2. The molecular weight excluding hydrogens is 322 g/mol. The number of rotatable bonds is 7. The molecule has 4 nitrogen and oxygen atoms in total. The van der Waals surface area contributed by atoms with Gasteiger partial charge in [0.15, 0.2) is 0 Å². The van der Waals surface area contributed by atoms with Gasteiger partial charge in [0, 0.05) is 36.6 Å². The fourth-order valence-corrected chi connectivity index (χ4v) is 3.44. The predicted molar refractivity (Wildman–Crippen MR) is 105 cm³/mol. The summed E-state index contributed by atoms with van der Waals surface area (Å²) in [5, 5.41) is 3.00. The van der Waals surface area contributed by atoms with Crippen LogP contribution in [0.1, 0.15) is 30.4 Å². The van der Waals surface area contributed by atoms with Crippen molar-refractivity contribution in [3.05, 3.63) is 72.6 Å². The Morgan fingerprint density at radius 3 is 2.62 bits per heavy atom. The average Bonchev–Trinajstić information content (AvgIpc) is 2.70. The Balaban J connectivity index is 1.35. The minimum atomic E-state index is -0.0977. The smallest absolute Gasteiger partial charge is 0.251 e. The van der Waals surface area contributed by atoms with Crippen LogP contribution < -0.4 is 5.32 Å². The highest BCUT2D eigenvalue weighted by Crippen LogP contribution is 2.21. The molecule has 1 aromatic carbocycles. The van der Waals surface area contributed by atoms with Gasteiger partial charge in [0.25, 0.3) is 5.91 Å². The van der Waals surface area contributed by atoms with Crippen LogP contribution in [0.25, 0.3) is 5.57 Å². The van der Waals surface area contributed by atoms with Crippen molar-refractivity contribution in [2.45, 2.75) is 25.8 Å². The van der Waals surface area contributed by atoms with Gasteiger partial charge in [0.2, 0.25) is 0 Å². The molecule has 1 N–H and O–H groups in total. The third kappa shape index (κ3) is 5.27. The van der Waals surface area contributed by atoms with Crippen molar-refractivity contribution in [1.29, 1.82) is 0 Å². The van der Waals surface area contributed by atoms with Crippen molar-refractivity contribution in [2.75, 3.05) is 19.6 Å². The van der Waals surface area contributed by atoms with Crippen molar-refractivity contribution in [3.8, 4) is 0 Å². The molecule has 1 aliphatic rings. The molecule has 1 aromatic heterocycles. The van der Waals surface area contributed by atoms with Crippen LogP contribution in [0.5, 0.6) is 0 Å². The molecule has 3 rings (SSSR count). The standard InChI is InChI=1S/C22H27N3O/c1-18(21-8-5-12-23-16-21)22(26)24-13-9-19-10-14-25(15-11-19)17-20-6-3-2-4-7-20/h2-8,12,16,19H,1,9-11,13-15,17H2,(H,24,26). The lowest BCUT2D eigenvalue weighted by molar-refractivity contribution is -0.115. The fourth-order valence-electron chi connectivity index (χ4n) is 3.44. The topological polar surface area (TPSA) is 45.2 Å². The van der Waals surface area contributed by atoms with Crippen LogP contribution in [0.15, 0.2) is 61.4 Å². The van der Waals surface area contributed by atoms with Gasteiger partial charge in [-0.3, -0.25) is 14.7 Å². The molecule has 1 saturated heterocycles. The molecule has 0 radical (unpaired) electrons. The van der Waals surface area contributed by atoms with E-state index in [1.54, 1.807) is 12.4 Å². The Morgan fingerprint density at radius 2 is 1.92 bits per heavy atom. The summed E-state index contributed by atoms with van der Waals surface area (Å²) in [6, 6.07) is 14.3. The number of nitrogens with one attached hydrogen (secondary N) is 1. The highest BCUT2D eigenvalue weighted by Gasteiger charge is 2.19. The SMILES string of the molecule is C=C(C(=O)NCCC1CCN(Cc2ccccc2)CC1)c1cccnc1. The molecule has 0 bridgehead atoms. The van der Waals surface area contributed by atoms with Gasteiger partial charge in [0.05, 0.1) is 0 Å². The quantitative estimate of drug-likeness (QED) is 0.778. The Bertz CT molecular complexity index is 707. The van der Waals surface area contributed by atoms with Crippen molar-refractivity contribution < 1.29 is 4.79 Å². The van der Waals surface area contributed by atoms with Crippen LogP contribution in [-0.4, -0.2) is 35.4 Å². The lowest BCUT2D eigenvalue weighted by Crippen LogP contribution is -2.35. The van der Waals surface area contributed by atoms with Crippen LogP contribution >= 0.6 is 0 Å². The third-order valence-electron chi connectivity index (χ3n) is 5.08. The molecule has 2 heterocycles. The molecule has 26 heavy (non-hydrogen) atoms. The average molecular weight is 349 g/mol. The Labute approximate surface area is 155 Å². The van der Waals surface area contributed by atoms with Crippen LogP contribution in [0.2, 0.25) is 0 Å². The molecule has 1 fully saturated rings. The van der Waals surface area contributed by atoms with Gasteiger partial charge < -0.3 is 5.32 Å². The number of pyridine rings is 1. The second-order valence-electron chi connectivity index (χ2n) is 6.97. The Morgan fingerprint density at radius 1 is 1.15 bits per heavy atom. The number of amides is 1. The van der Waals surface area contributed by atoms with E-state index in [2.05, 4.69) is 52.1 Å². The molecule has 0 unspecified atom stereocenters. The molecule has 0 aliphatic carbocycles. The number of nitrogens with zero attached hydrogens (tertiary/aromatic N) is 2. The van der Waals surface area contributed by atoms with Gasteiger partial charge in [0.1, 0.15) is 0 Å². The highest BCUT2D eigenvalue weighted by molar-refractivity contribution is 6.18. The summed E-state index contributed by atoms with van der Waals surface area (Å²) in [6.45, 7) is 7.90. The Kier molecular flexibility index (Phi) is 6.56. The van der Waals surface area contributed by atoms with E-state index in [1.165, 1.54) is 18.4 Å². The molecule has 2 aromatic rings. The summed E-state index contributed by atoms with van der Waals surface area (Å²) in [7, 11) is 0. The van der Waals surface area contributed by atoms with Crippen LogP contribution in [0.4, 0.5) is 0 Å². The summed E-state index contributed by atoms with van der Waals surface area (Å²) in [4.78, 5) is 18.7. The first-order chi connectivity index (χ1) is 12.7. The fraction of sp³-hybridized carbons (Fsp3) is 0.364. The van der Waals surface area contributed by atoms with E-state index >= 15 is 0 Å². The zero-order chi connectivity index (χ0) is 18.2. The van der Waals surface area contributed by atoms with Gasteiger partial charge >= 0.3 is 0 Å². The molecule has 0 spiro atoms. The van der Waals surface area contributed by atoms with Crippen molar-refractivity contribution in [1.82, 2.24) is 15.2 Å². The van der Waals surface area contributed by atoms with E-state index in [9.17, 15) is 4.79 Å². The van der Waals surface area contributed by atoms with Crippen LogP contribution in [-0.2, 0) is 11.3 Å². The second kappa shape index (κ2) is 9.30. The molecule has 4 heteroatoms. The first kappa shape index (κ1) is 18.3. The number of carbonyl (C=O) groups excluding carboxylic acids is 1. The summed E-state index contributed by atoms with van der Waals surface area (Å²) < 4.78 is 0. The van der Waals surface area contributed by atoms with Crippen molar-refractivity contribution >= 4 is 11.5 Å². The first-order valence-electron chi connectivity index (χ1n) is 9.36. The van der Waals surface area contributed by atoms with Crippen LogP contribution in [0.3, 0.4) is 0 Å². The number of hydrogen-bond donors (Lipinski definition) is 1. The zero-order valence-electron chi connectivity index (χ0n) is 15.2. The third-order valence-corrected chi connectivity index (χ3v) is 5.08. The normalized spacial score (nSPS) is 15.5. The highest BCUT2D eigenvalue weighted by atomic mass is 16.1. The predicted octanol–water partition coefficient (Wildman–Crippen LogP) is 3.51. The molecule has 0 atom stereocenters. The maximum atomic E-state index is 12.2. The van der Waals surface area contributed by atoms with E-state index in [0.717, 1.165) is 31.6 Å². The number of likely N-dealkylation sites (tertiary alicyclic amines) is 1. The van der Waals surface area contributed by atoms with E-state index in [0.29, 0.717) is 18.0 Å². The summed E-state index contributed by atoms with van der Waals surface area (Å²) in [5.74, 6) is 0.591. The molecule has 1 amide bonds. The maximum Gasteiger partial charge on any atom is 0.251 e. The van der Waals surface area contributed by atoms with E-state index < -0.39 is 0 Å².